The molecule has 1 unspecified atom stereocenters. The summed E-state index contributed by atoms with van der Waals surface area (Å²) in [6, 6.07) is 39.6. The summed E-state index contributed by atoms with van der Waals surface area (Å²) in [7, 11) is 0. The molecular weight excluding hydrogens is 608 g/mol. The largest absolute Gasteiger partial charge is 0.508 e. The van der Waals surface area contributed by atoms with Crippen LogP contribution in [0.2, 0.25) is 0 Å². The molecule has 0 N–H and O–H groups in total. The van der Waals surface area contributed by atoms with Gasteiger partial charge in [-0.2, -0.15) is 0 Å². The van der Waals surface area contributed by atoms with Gasteiger partial charge in [-0.15, -0.1) is 0 Å². The lowest BCUT2D eigenvalue weighted by molar-refractivity contribution is -0.283. The number of hydrogen-bond acceptors (Lipinski definition) is 8. The monoisotopic (exact) mass is 652 g/mol. The maximum Gasteiger partial charge on any atom is 0.508 e. The molecule has 6 atom stereocenters. The van der Waals surface area contributed by atoms with Gasteiger partial charge in [-0.25, -0.2) is 4.79 Å². The van der Waals surface area contributed by atoms with Crippen LogP contribution in [0.1, 0.15) is 29.2 Å². The highest BCUT2D eigenvalue weighted by Gasteiger charge is 2.51. The van der Waals surface area contributed by atoms with Crippen LogP contribution in [0.4, 0.5) is 4.79 Å². The smallest absolute Gasteiger partial charge is 0.435 e. The van der Waals surface area contributed by atoms with Crippen LogP contribution >= 0.6 is 0 Å². The molecule has 0 saturated carbocycles. The number of ether oxygens (including phenoxy) is 7. The Balaban J connectivity index is 1.49. The van der Waals surface area contributed by atoms with Crippen LogP contribution in [-0.4, -0.2) is 56.0 Å². The molecule has 4 aromatic carbocycles. The molecule has 8 heteroatoms. The molecule has 48 heavy (non-hydrogen) atoms. The van der Waals surface area contributed by atoms with Crippen molar-refractivity contribution in [2.24, 2.45) is 0 Å². The number of carbonyl (C=O) groups excluding carboxylic acids is 1. The first-order valence-electron chi connectivity index (χ1n) is 16.3. The van der Waals surface area contributed by atoms with E-state index in [1.54, 1.807) is 6.92 Å². The standard InChI is InChI=1S/C40H44O8/c1-3-34(48-40(41)43-4-2)37-39(46-28-33-23-15-8-16-24-33)38(45-27-32-21-13-7-14-22-32)36(44-26-31-19-11-6-12-20-31)35(47-37)29-42-25-30-17-9-5-10-18-30/h3,5-24,34-39H,1,4,25-29H2,2H3/t34?,35-,36-,37+,38+,39+/m1/s1. The predicted molar refractivity (Wildman–Crippen MR) is 182 cm³/mol. The summed E-state index contributed by atoms with van der Waals surface area (Å²) in [5, 5.41) is 0. The van der Waals surface area contributed by atoms with Crippen LogP contribution in [0, 0.1) is 0 Å². The summed E-state index contributed by atoms with van der Waals surface area (Å²) in [6.45, 7) is 7.29. The molecule has 0 radical (unpaired) electrons. The first kappa shape index (κ1) is 35.0. The summed E-state index contributed by atoms with van der Waals surface area (Å²) in [5.74, 6) is 0. The molecule has 8 nitrogen and oxygen atoms in total. The number of hydrogen-bond donors (Lipinski definition) is 0. The second kappa shape index (κ2) is 18.9. The van der Waals surface area contributed by atoms with Crippen molar-refractivity contribution in [3.05, 3.63) is 156 Å². The second-order valence-electron chi connectivity index (χ2n) is 11.4. The van der Waals surface area contributed by atoms with Gasteiger partial charge >= 0.3 is 6.16 Å². The lowest BCUT2D eigenvalue weighted by Crippen LogP contribution is -2.64. The van der Waals surface area contributed by atoms with Gasteiger partial charge in [-0.1, -0.05) is 128 Å². The van der Waals surface area contributed by atoms with Crippen molar-refractivity contribution < 1.29 is 38.0 Å². The van der Waals surface area contributed by atoms with Gasteiger partial charge in [0.2, 0.25) is 0 Å². The maximum absolute atomic E-state index is 12.6. The van der Waals surface area contributed by atoms with Gasteiger partial charge in [-0.05, 0) is 35.3 Å². The molecule has 0 aliphatic carbocycles. The molecule has 0 amide bonds. The summed E-state index contributed by atoms with van der Waals surface area (Å²) in [6.07, 6.45) is -3.66. The van der Waals surface area contributed by atoms with Gasteiger partial charge in [0.15, 0.2) is 6.10 Å². The highest BCUT2D eigenvalue weighted by molar-refractivity contribution is 5.60. The third-order valence-corrected chi connectivity index (χ3v) is 7.97. The van der Waals surface area contributed by atoms with Gasteiger partial charge in [0, 0.05) is 0 Å². The van der Waals surface area contributed by atoms with Crippen LogP contribution < -0.4 is 0 Å². The topological polar surface area (TPSA) is 81.7 Å². The number of rotatable bonds is 17. The van der Waals surface area contributed by atoms with Crippen LogP contribution in [-0.2, 0) is 59.6 Å². The van der Waals surface area contributed by atoms with E-state index in [0.29, 0.717) is 19.8 Å². The average Bonchev–Trinajstić information content (AvgIpc) is 3.13. The molecule has 0 bridgehead atoms. The zero-order chi connectivity index (χ0) is 33.4. The Morgan fingerprint density at radius 2 is 1.10 bits per heavy atom. The number of carbonyl (C=O) groups is 1. The van der Waals surface area contributed by atoms with Crippen LogP contribution in [0.5, 0.6) is 0 Å². The van der Waals surface area contributed by atoms with E-state index in [1.807, 2.05) is 121 Å². The highest BCUT2D eigenvalue weighted by atomic mass is 16.7. The molecule has 1 heterocycles. The normalized spacial score (nSPS) is 21.2. The van der Waals surface area contributed by atoms with Crippen molar-refractivity contribution >= 4 is 6.16 Å². The zero-order valence-electron chi connectivity index (χ0n) is 27.3. The van der Waals surface area contributed by atoms with Gasteiger partial charge in [0.25, 0.3) is 0 Å². The fraction of sp³-hybridized carbons (Fsp3) is 0.325. The molecule has 1 aliphatic rings. The number of benzene rings is 4. The average molecular weight is 653 g/mol. The molecule has 4 aromatic rings. The molecule has 0 aromatic heterocycles. The SMILES string of the molecule is C=CC(OC(=O)OCC)[C@@H]1O[C@H](COCc2ccccc2)[C@@H](OCc2ccccc2)[C@H](OCc2ccccc2)[C@H]1OCc1ccccc1. The fourth-order valence-electron chi connectivity index (χ4n) is 5.60. The summed E-state index contributed by atoms with van der Waals surface area (Å²) in [4.78, 5) is 12.6. The third-order valence-electron chi connectivity index (χ3n) is 7.97. The van der Waals surface area contributed by atoms with E-state index in [4.69, 9.17) is 33.2 Å². The first-order chi connectivity index (χ1) is 23.6. The second-order valence-corrected chi connectivity index (χ2v) is 11.4. The van der Waals surface area contributed by atoms with Crippen molar-refractivity contribution in [2.45, 2.75) is 70.0 Å². The first-order valence-corrected chi connectivity index (χ1v) is 16.3. The Morgan fingerprint density at radius 3 is 1.56 bits per heavy atom. The quantitative estimate of drug-likeness (QED) is 0.0860. The minimum atomic E-state index is -0.917. The molecule has 0 spiro atoms. The van der Waals surface area contributed by atoms with Crippen molar-refractivity contribution in [1.82, 2.24) is 0 Å². The minimum Gasteiger partial charge on any atom is -0.435 e. The molecular formula is C40H44O8. The van der Waals surface area contributed by atoms with Crippen LogP contribution in [0.25, 0.3) is 0 Å². The highest BCUT2D eigenvalue weighted by Crippen LogP contribution is 2.33. The molecule has 1 saturated heterocycles. The van der Waals surface area contributed by atoms with Crippen molar-refractivity contribution in [1.29, 1.82) is 0 Å². The Labute approximate surface area is 283 Å². The zero-order valence-corrected chi connectivity index (χ0v) is 27.3. The van der Waals surface area contributed by atoms with Crippen molar-refractivity contribution in [2.75, 3.05) is 13.2 Å². The van der Waals surface area contributed by atoms with Crippen molar-refractivity contribution in [3.8, 4) is 0 Å². The Hall–Kier alpha value is -4.31. The maximum atomic E-state index is 12.6. The van der Waals surface area contributed by atoms with Gasteiger partial charge < -0.3 is 33.2 Å². The van der Waals surface area contributed by atoms with E-state index >= 15 is 0 Å². The van der Waals surface area contributed by atoms with E-state index in [0.717, 1.165) is 22.3 Å². The van der Waals surface area contributed by atoms with E-state index in [2.05, 4.69) is 6.58 Å². The predicted octanol–water partition coefficient (Wildman–Crippen LogP) is 7.45. The van der Waals surface area contributed by atoms with E-state index in [1.165, 1.54) is 6.08 Å². The summed E-state index contributed by atoms with van der Waals surface area (Å²) < 4.78 is 44.0. The molecule has 5 rings (SSSR count). The van der Waals surface area contributed by atoms with E-state index < -0.39 is 42.8 Å². The Bertz CT molecular complexity index is 1490. The van der Waals surface area contributed by atoms with Crippen LogP contribution in [0.15, 0.2) is 134 Å². The molecule has 252 valence electrons. The van der Waals surface area contributed by atoms with Gasteiger partial charge in [0.05, 0.1) is 39.6 Å². The lowest BCUT2D eigenvalue weighted by atomic mass is 9.91. The van der Waals surface area contributed by atoms with E-state index in [-0.39, 0.29) is 19.8 Å². The minimum absolute atomic E-state index is 0.163. The fourth-order valence-corrected chi connectivity index (χ4v) is 5.60. The molecule has 1 aliphatic heterocycles. The summed E-state index contributed by atoms with van der Waals surface area (Å²) >= 11 is 0. The Kier molecular flexibility index (Phi) is 13.8. The van der Waals surface area contributed by atoms with Gasteiger partial charge in [-0.3, -0.25) is 0 Å². The van der Waals surface area contributed by atoms with Crippen molar-refractivity contribution in [3.63, 3.8) is 0 Å². The third kappa shape index (κ3) is 10.3. The Morgan fingerprint density at radius 1 is 0.667 bits per heavy atom. The summed E-state index contributed by atoms with van der Waals surface area (Å²) in [5.41, 5.74) is 3.99. The van der Waals surface area contributed by atoms with E-state index in [9.17, 15) is 4.79 Å². The van der Waals surface area contributed by atoms with Crippen LogP contribution in [0.3, 0.4) is 0 Å². The lowest BCUT2D eigenvalue weighted by Gasteiger charge is -2.47. The van der Waals surface area contributed by atoms with Gasteiger partial charge in [0.1, 0.15) is 30.5 Å². The molecule has 1 fully saturated rings.